The number of carbonyl (C=O) groups is 1. The number of nitrogens with one attached hydrogen (secondary N) is 1. The van der Waals surface area contributed by atoms with Gasteiger partial charge in [-0.2, -0.15) is 5.10 Å². The molecule has 1 aromatic heterocycles. The number of H-pyrrole nitrogens is 1. The van der Waals surface area contributed by atoms with Crippen LogP contribution in [0.4, 0.5) is 0 Å². The Morgan fingerprint density at radius 2 is 1.76 bits per heavy atom. The summed E-state index contributed by atoms with van der Waals surface area (Å²) in [5, 5.41) is 18.7. The van der Waals surface area contributed by atoms with E-state index in [1.54, 1.807) is 26.4 Å². The van der Waals surface area contributed by atoms with Crippen LogP contribution in [0.15, 0.2) is 54.6 Å². The van der Waals surface area contributed by atoms with Crippen LogP contribution in [0.1, 0.15) is 44.3 Å². The first-order valence-electron chi connectivity index (χ1n) is 12.0. The molecule has 0 radical (unpaired) electrons. The topological polar surface area (TPSA) is 87.7 Å². The van der Waals surface area contributed by atoms with Crippen LogP contribution in [0, 0.1) is 13.8 Å². The quantitative estimate of drug-likeness (QED) is 0.321. The largest absolute Gasteiger partial charge is 0.507 e. The summed E-state index contributed by atoms with van der Waals surface area (Å²) in [5.74, 6) is 1.22. The lowest BCUT2D eigenvalue weighted by Gasteiger charge is -2.27. The number of aromatic nitrogens is 2. The molecule has 190 valence electrons. The van der Waals surface area contributed by atoms with E-state index >= 15 is 0 Å². The molecule has 0 saturated heterocycles. The van der Waals surface area contributed by atoms with Gasteiger partial charge in [0.2, 0.25) is 0 Å². The van der Waals surface area contributed by atoms with Crippen LogP contribution in [-0.4, -0.2) is 46.9 Å². The highest BCUT2D eigenvalue weighted by atomic mass is 35.5. The zero-order valence-electron chi connectivity index (χ0n) is 21.1. The van der Waals surface area contributed by atoms with E-state index in [4.69, 9.17) is 21.1 Å². The molecule has 1 amide bonds. The number of halogens is 1. The van der Waals surface area contributed by atoms with E-state index in [0.717, 1.165) is 27.8 Å². The maximum absolute atomic E-state index is 13.7. The Labute approximate surface area is 220 Å². The van der Waals surface area contributed by atoms with Gasteiger partial charge in [-0.15, -0.1) is 0 Å². The number of phenolic OH excluding ortho intramolecular Hbond substituents is 1. The van der Waals surface area contributed by atoms with E-state index < -0.39 is 0 Å². The average molecular weight is 518 g/mol. The summed E-state index contributed by atoms with van der Waals surface area (Å²) in [7, 11) is 3.21. The number of amides is 1. The van der Waals surface area contributed by atoms with Gasteiger partial charge in [-0.25, -0.2) is 0 Å². The number of nitrogens with zero attached hydrogens (tertiary/aromatic N) is 2. The maximum Gasteiger partial charge on any atom is 0.273 e. The van der Waals surface area contributed by atoms with E-state index in [9.17, 15) is 9.90 Å². The van der Waals surface area contributed by atoms with Crippen LogP contribution >= 0.6 is 11.6 Å². The summed E-state index contributed by atoms with van der Waals surface area (Å²) in [6, 6.07) is 16.8. The van der Waals surface area contributed by atoms with Gasteiger partial charge in [0.25, 0.3) is 5.91 Å². The lowest BCUT2D eigenvalue weighted by molar-refractivity contribution is 0.0746. The number of hydrogen-bond acceptors (Lipinski definition) is 5. The van der Waals surface area contributed by atoms with Gasteiger partial charge in [0.05, 0.1) is 20.3 Å². The van der Waals surface area contributed by atoms with Crippen LogP contribution < -0.4 is 9.47 Å². The molecule has 8 heteroatoms. The summed E-state index contributed by atoms with van der Waals surface area (Å²) in [6.45, 7) is 4.32. The summed E-state index contributed by atoms with van der Waals surface area (Å²) < 4.78 is 10.8. The summed E-state index contributed by atoms with van der Waals surface area (Å²) >= 11 is 6.40. The van der Waals surface area contributed by atoms with Crippen LogP contribution in [0.25, 0.3) is 11.3 Å². The smallest absolute Gasteiger partial charge is 0.273 e. The molecule has 3 aromatic carbocycles. The third-order valence-corrected chi connectivity index (χ3v) is 7.29. The highest BCUT2D eigenvalue weighted by Gasteiger charge is 2.42. The predicted molar refractivity (Wildman–Crippen MR) is 143 cm³/mol. The van der Waals surface area contributed by atoms with Gasteiger partial charge in [-0.1, -0.05) is 47.5 Å². The van der Waals surface area contributed by atoms with Crippen molar-refractivity contribution in [2.75, 3.05) is 20.8 Å². The molecule has 1 aliphatic rings. The fourth-order valence-corrected chi connectivity index (χ4v) is 5.03. The standard InChI is InChI=1S/C29H28ClN3O4/c1-16-5-8-19(9-6-16)28-25-26(20-15-21(30)17(2)13-22(20)34)31-32-27(25)29(35)33(28)12-11-18-7-10-23(36-3)24(14-18)37-4/h5-10,13-15,28,34H,11-12H2,1-4H3,(H,31,32)/t28-/m0/s1. The molecule has 1 aliphatic heterocycles. The highest BCUT2D eigenvalue weighted by molar-refractivity contribution is 6.31. The maximum atomic E-state index is 13.7. The Morgan fingerprint density at radius 3 is 2.46 bits per heavy atom. The van der Waals surface area contributed by atoms with Crippen molar-refractivity contribution in [1.29, 1.82) is 0 Å². The Hall–Kier alpha value is -3.97. The molecule has 2 heterocycles. The van der Waals surface area contributed by atoms with Gasteiger partial charge >= 0.3 is 0 Å². The Kier molecular flexibility index (Phi) is 6.56. The zero-order chi connectivity index (χ0) is 26.3. The molecular weight excluding hydrogens is 490 g/mol. The van der Waals surface area contributed by atoms with Crippen LogP contribution in [0.3, 0.4) is 0 Å². The minimum absolute atomic E-state index is 0.0649. The zero-order valence-corrected chi connectivity index (χ0v) is 21.9. The lowest BCUT2D eigenvalue weighted by Crippen LogP contribution is -2.31. The minimum Gasteiger partial charge on any atom is -0.507 e. The number of phenols is 1. The Bertz CT molecular complexity index is 1480. The second-order valence-corrected chi connectivity index (χ2v) is 9.64. The second-order valence-electron chi connectivity index (χ2n) is 9.23. The molecule has 0 saturated carbocycles. The number of hydrogen-bond donors (Lipinski definition) is 2. The lowest BCUT2D eigenvalue weighted by atomic mass is 9.94. The average Bonchev–Trinajstić information content (AvgIpc) is 3.44. The minimum atomic E-state index is -0.378. The Balaban J connectivity index is 1.56. The predicted octanol–water partition coefficient (Wildman–Crippen LogP) is 5.86. The fraction of sp³-hybridized carbons (Fsp3) is 0.241. The van der Waals surface area contributed by atoms with E-state index in [0.29, 0.717) is 46.4 Å². The number of benzene rings is 3. The molecule has 0 bridgehead atoms. The van der Waals surface area contributed by atoms with Crippen LogP contribution in [0.2, 0.25) is 5.02 Å². The van der Waals surface area contributed by atoms with Crippen molar-refractivity contribution < 1.29 is 19.4 Å². The number of aromatic amines is 1. The number of methoxy groups -OCH3 is 2. The molecular formula is C29H28ClN3O4. The molecule has 0 spiro atoms. The van der Waals surface area contributed by atoms with Crippen molar-refractivity contribution in [1.82, 2.24) is 15.1 Å². The van der Waals surface area contributed by atoms with Gasteiger partial charge < -0.3 is 19.5 Å². The van der Waals surface area contributed by atoms with Gasteiger partial charge in [-0.3, -0.25) is 9.89 Å². The van der Waals surface area contributed by atoms with Gasteiger partial charge in [0.1, 0.15) is 17.1 Å². The number of carbonyl (C=O) groups excluding carboxylic acids is 1. The van der Waals surface area contributed by atoms with Crippen molar-refractivity contribution in [3.8, 4) is 28.5 Å². The van der Waals surface area contributed by atoms with E-state index in [2.05, 4.69) is 10.2 Å². The SMILES string of the molecule is COc1ccc(CCN2C(=O)c3[nH]nc(-c4cc(Cl)c(C)cc4O)c3[C@@H]2c2ccc(C)cc2)cc1OC. The summed E-state index contributed by atoms with van der Waals surface area (Å²) in [4.78, 5) is 15.5. The molecule has 7 nitrogen and oxygen atoms in total. The molecule has 0 aliphatic carbocycles. The molecule has 0 fully saturated rings. The van der Waals surface area contributed by atoms with Crippen molar-refractivity contribution in [3.63, 3.8) is 0 Å². The first kappa shape index (κ1) is 24.7. The van der Waals surface area contributed by atoms with Crippen molar-refractivity contribution >= 4 is 17.5 Å². The number of fused-ring (bicyclic) bond motifs is 1. The fourth-order valence-electron chi connectivity index (χ4n) is 4.87. The van der Waals surface area contributed by atoms with E-state index in [1.165, 1.54) is 0 Å². The van der Waals surface area contributed by atoms with E-state index in [-0.39, 0.29) is 17.7 Å². The van der Waals surface area contributed by atoms with Gasteiger partial charge in [0.15, 0.2) is 11.5 Å². The van der Waals surface area contributed by atoms with Crippen LogP contribution in [-0.2, 0) is 6.42 Å². The molecule has 5 rings (SSSR count). The second kappa shape index (κ2) is 9.82. The van der Waals surface area contributed by atoms with Gasteiger partial charge in [-0.05, 0) is 61.2 Å². The Morgan fingerprint density at radius 1 is 1.03 bits per heavy atom. The molecule has 2 N–H and O–H groups in total. The molecule has 0 unspecified atom stereocenters. The highest BCUT2D eigenvalue weighted by Crippen LogP contribution is 2.45. The van der Waals surface area contributed by atoms with E-state index in [1.807, 2.05) is 61.2 Å². The molecule has 4 aromatic rings. The van der Waals surface area contributed by atoms with Crippen LogP contribution in [0.5, 0.6) is 17.2 Å². The summed E-state index contributed by atoms with van der Waals surface area (Å²) in [5.41, 5.74) is 6.02. The third kappa shape index (κ3) is 4.40. The summed E-state index contributed by atoms with van der Waals surface area (Å²) in [6.07, 6.45) is 0.614. The molecule has 1 atom stereocenters. The number of rotatable bonds is 7. The molecule has 37 heavy (non-hydrogen) atoms. The van der Waals surface area contributed by atoms with Crippen molar-refractivity contribution in [2.45, 2.75) is 26.3 Å². The number of aromatic hydroxyl groups is 1. The van der Waals surface area contributed by atoms with Crippen molar-refractivity contribution in [3.05, 3.63) is 93.1 Å². The third-order valence-electron chi connectivity index (χ3n) is 6.88. The first-order valence-corrected chi connectivity index (χ1v) is 12.4. The first-order chi connectivity index (χ1) is 17.8. The number of aryl methyl sites for hydroxylation is 2. The van der Waals surface area contributed by atoms with Gasteiger partial charge in [0, 0.05) is 22.7 Å². The van der Waals surface area contributed by atoms with Crippen molar-refractivity contribution in [2.24, 2.45) is 0 Å². The normalized spacial score (nSPS) is 14.7. The number of ether oxygens (including phenoxy) is 2. The monoisotopic (exact) mass is 517 g/mol.